The molecular weight excluding hydrogens is 427 g/mol. The first-order chi connectivity index (χ1) is 14.8. The van der Waals surface area contributed by atoms with Gasteiger partial charge in [-0.3, -0.25) is 4.79 Å². The Morgan fingerprint density at radius 2 is 2.03 bits per heavy atom. The molecule has 164 valence electrons. The lowest BCUT2D eigenvalue weighted by Gasteiger charge is -2.43. The molecule has 5 nitrogen and oxygen atoms in total. The van der Waals surface area contributed by atoms with E-state index in [9.17, 15) is 23.1 Å². The lowest BCUT2D eigenvalue weighted by Crippen LogP contribution is -2.45. The molecule has 1 atom stereocenters. The Morgan fingerprint density at radius 1 is 1.29 bits per heavy atom. The van der Waals surface area contributed by atoms with Crippen LogP contribution >= 0.6 is 11.3 Å². The fraction of sp³-hybridized carbons (Fsp3) is 0.455. The predicted octanol–water partition coefficient (Wildman–Crippen LogP) is 3.99. The molecule has 2 aliphatic heterocycles. The molecule has 1 spiro atoms. The molecule has 0 saturated carbocycles. The Kier molecular flexibility index (Phi) is 5.71. The second-order valence-electron chi connectivity index (χ2n) is 8.27. The van der Waals surface area contributed by atoms with E-state index in [-0.39, 0.29) is 29.4 Å². The number of piperidine rings is 1. The molecule has 2 aliphatic rings. The first-order valence-corrected chi connectivity index (χ1v) is 11.0. The molecule has 1 aromatic heterocycles. The number of nitrogens with zero attached hydrogens (tertiary/aromatic N) is 3. The number of amides is 1. The number of hydrogen-bond donors (Lipinski definition) is 1. The number of halogens is 3. The first kappa shape index (κ1) is 21.7. The summed E-state index contributed by atoms with van der Waals surface area (Å²) in [5, 5.41) is 22.6. The molecule has 0 bridgehead atoms. The van der Waals surface area contributed by atoms with Gasteiger partial charge < -0.3 is 14.9 Å². The van der Waals surface area contributed by atoms with Crippen LogP contribution in [0, 0.1) is 22.7 Å². The molecule has 1 unspecified atom stereocenters. The molecule has 2 saturated heterocycles. The third kappa shape index (κ3) is 4.02. The zero-order valence-electron chi connectivity index (χ0n) is 16.7. The van der Waals surface area contributed by atoms with E-state index in [1.807, 2.05) is 15.7 Å². The highest BCUT2D eigenvalue weighted by Gasteiger charge is 2.49. The number of likely N-dealkylation sites (tertiary alicyclic amines) is 1. The van der Waals surface area contributed by atoms with Gasteiger partial charge in [-0.05, 0) is 47.9 Å². The first-order valence-electron chi connectivity index (χ1n) is 10.1. The zero-order chi connectivity index (χ0) is 22.2. The molecule has 1 amide bonds. The lowest BCUT2D eigenvalue weighted by molar-refractivity contribution is -0.137. The van der Waals surface area contributed by atoms with E-state index in [0.29, 0.717) is 50.3 Å². The minimum atomic E-state index is -4.59. The summed E-state index contributed by atoms with van der Waals surface area (Å²) >= 11 is 1.46. The largest absolute Gasteiger partial charge is 0.417 e. The van der Waals surface area contributed by atoms with Crippen LogP contribution in [0.2, 0.25) is 0 Å². The Morgan fingerprint density at radius 3 is 2.61 bits per heavy atom. The van der Waals surface area contributed by atoms with E-state index in [1.54, 1.807) is 23.1 Å². The average Bonchev–Trinajstić information content (AvgIpc) is 3.41. The molecule has 4 rings (SSSR count). The van der Waals surface area contributed by atoms with E-state index in [1.165, 1.54) is 17.4 Å². The maximum Gasteiger partial charge on any atom is 0.417 e. The number of aliphatic hydroxyl groups excluding tert-OH is 1. The molecule has 0 aliphatic carbocycles. The summed E-state index contributed by atoms with van der Waals surface area (Å²) in [5.74, 6) is -0.0927. The normalized spacial score (nSPS) is 20.8. The molecule has 9 heteroatoms. The van der Waals surface area contributed by atoms with Crippen molar-refractivity contribution in [2.24, 2.45) is 11.3 Å². The number of aliphatic hydroxyl groups is 1. The Labute approximate surface area is 182 Å². The van der Waals surface area contributed by atoms with Crippen molar-refractivity contribution in [3.8, 4) is 6.07 Å². The maximum atomic E-state index is 13.3. The molecule has 1 N–H and O–H groups in total. The van der Waals surface area contributed by atoms with Gasteiger partial charge in [-0.15, -0.1) is 0 Å². The van der Waals surface area contributed by atoms with Gasteiger partial charge in [0.15, 0.2) is 0 Å². The number of carbonyl (C=O) groups excluding carboxylic acids is 1. The van der Waals surface area contributed by atoms with E-state index in [2.05, 4.69) is 0 Å². The van der Waals surface area contributed by atoms with Crippen LogP contribution in [-0.2, 0) is 6.18 Å². The number of rotatable bonds is 3. The summed E-state index contributed by atoms with van der Waals surface area (Å²) in [4.78, 5) is 16.5. The summed E-state index contributed by atoms with van der Waals surface area (Å²) in [6.07, 6.45) is -3.24. The number of thiophene rings is 1. The fourth-order valence-electron chi connectivity index (χ4n) is 4.85. The van der Waals surface area contributed by atoms with Crippen LogP contribution in [0.4, 0.5) is 18.9 Å². The van der Waals surface area contributed by atoms with Crippen molar-refractivity contribution in [3.63, 3.8) is 0 Å². The van der Waals surface area contributed by atoms with Gasteiger partial charge in [0.05, 0.1) is 22.8 Å². The van der Waals surface area contributed by atoms with Gasteiger partial charge in [0.1, 0.15) is 0 Å². The number of anilines is 1. The highest BCUT2D eigenvalue weighted by atomic mass is 32.1. The standard InChI is InChI=1S/C22H22F3N3O2S/c23-22(24,25)19-9-18(2-1-15(19)10-26)27-6-4-21(5-7-27)14-28(11-17(21)12-29)20(30)16-3-8-31-13-16/h1-3,8-9,13,17,29H,4-7,11-12,14H2. The van der Waals surface area contributed by atoms with Gasteiger partial charge in [0.25, 0.3) is 5.91 Å². The number of hydrogen-bond acceptors (Lipinski definition) is 5. The van der Waals surface area contributed by atoms with Crippen LogP contribution in [0.1, 0.15) is 34.3 Å². The van der Waals surface area contributed by atoms with Gasteiger partial charge in [-0.2, -0.15) is 29.8 Å². The van der Waals surface area contributed by atoms with Crippen LogP contribution in [0.5, 0.6) is 0 Å². The smallest absolute Gasteiger partial charge is 0.396 e. The number of nitriles is 1. The number of alkyl halides is 3. The van der Waals surface area contributed by atoms with Crippen molar-refractivity contribution in [3.05, 3.63) is 51.7 Å². The summed E-state index contributed by atoms with van der Waals surface area (Å²) in [7, 11) is 0. The predicted molar refractivity (Wildman–Crippen MR) is 111 cm³/mol. The maximum absolute atomic E-state index is 13.3. The van der Waals surface area contributed by atoms with E-state index >= 15 is 0 Å². The third-order valence-electron chi connectivity index (χ3n) is 6.64. The van der Waals surface area contributed by atoms with E-state index < -0.39 is 11.7 Å². The van der Waals surface area contributed by atoms with Crippen LogP contribution in [0.25, 0.3) is 0 Å². The minimum absolute atomic E-state index is 0.0253. The molecule has 0 radical (unpaired) electrons. The third-order valence-corrected chi connectivity index (χ3v) is 7.32. The Bertz CT molecular complexity index is 992. The molecular formula is C22H22F3N3O2S. The van der Waals surface area contributed by atoms with Crippen LogP contribution in [-0.4, -0.2) is 48.7 Å². The molecule has 31 heavy (non-hydrogen) atoms. The van der Waals surface area contributed by atoms with Crippen molar-refractivity contribution in [1.82, 2.24) is 4.90 Å². The summed E-state index contributed by atoms with van der Waals surface area (Å²) in [6, 6.07) is 7.21. The Hall–Kier alpha value is -2.57. The van der Waals surface area contributed by atoms with Gasteiger partial charge in [0, 0.05) is 49.8 Å². The van der Waals surface area contributed by atoms with E-state index in [0.717, 1.165) is 6.07 Å². The average molecular weight is 449 g/mol. The fourth-order valence-corrected chi connectivity index (χ4v) is 5.48. The SMILES string of the molecule is N#Cc1ccc(N2CCC3(CC2)CN(C(=O)c2ccsc2)CC3CO)cc1C(F)(F)F. The number of carbonyl (C=O) groups is 1. The monoisotopic (exact) mass is 449 g/mol. The highest BCUT2D eigenvalue weighted by molar-refractivity contribution is 7.08. The van der Waals surface area contributed by atoms with E-state index in [4.69, 9.17) is 5.26 Å². The summed E-state index contributed by atoms with van der Waals surface area (Å²) in [6.45, 7) is 2.06. The second kappa shape index (κ2) is 8.17. The molecule has 2 aromatic rings. The highest BCUT2D eigenvalue weighted by Crippen LogP contribution is 2.46. The van der Waals surface area contributed by atoms with Crippen molar-refractivity contribution in [2.75, 3.05) is 37.7 Å². The minimum Gasteiger partial charge on any atom is -0.396 e. The van der Waals surface area contributed by atoms with Crippen molar-refractivity contribution >= 4 is 22.9 Å². The van der Waals surface area contributed by atoms with Crippen LogP contribution in [0.3, 0.4) is 0 Å². The lowest BCUT2D eigenvalue weighted by atomic mass is 9.71. The van der Waals surface area contributed by atoms with Gasteiger partial charge >= 0.3 is 6.18 Å². The van der Waals surface area contributed by atoms with Crippen LogP contribution < -0.4 is 4.90 Å². The second-order valence-corrected chi connectivity index (χ2v) is 9.05. The summed E-state index contributed by atoms with van der Waals surface area (Å²) in [5.41, 5.74) is -0.464. The Balaban J connectivity index is 1.50. The topological polar surface area (TPSA) is 67.6 Å². The van der Waals surface area contributed by atoms with Gasteiger partial charge in [0.2, 0.25) is 0 Å². The molecule has 3 heterocycles. The quantitative estimate of drug-likeness (QED) is 0.770. The van der Waals surface area contributed by atoms with Crippen LogP contribution in [0.15, 0.2) is 35.0 Å². The van der Waals surface area contributed by atoms with Gasteiger partial charge in [-0.1, -0.05) is 0 Å². The van der Waals surface area contributed by atoms with Gasteiger partial charge in [-0.25, -0.2) is 0 Å². The van der Waals surface area contributed by atoms with Crippen molar-refractivity contribution in [2.45, 2.75) is 19.0 Å². The van der Waals surface area contributed by atoms with Crippen molar-refractivity contribution in [1.29, 1.82) is 5.26 Å². The zero-order valence-corrected chi connectivity index (χ0v) is 17.5. The molecule has 1 aromatic carbocycles. The summed E-state index contributed by atoms with van der Waals surface area (Å²) < 4.78 is 40.0. The molecule has 2 fully saturated rings. The van der Waals surface area contributed by atoms with Crippen molar-refractivity contribution < 1.29 is 23.1 Å². The number of benzene rings is 1.